The van der Waals surface area contributed by atoms with Gasteiger partial charge in [0.25, 0.3) is 0 Å². The van der Waals surface area contributed by atoms with Crippen LogP contribution in [0.15, 0.2) is 0 Å². The molecule has 0 aliphatic heterocycles. The van der Waals surface area contributed by atoms with Gasteiger partial charge in [-0.3, -0.25) is 9.63 Å². The summed E-state index contributed by atoms with van der Waals surface area (Å²) in [5.74, 6) is 0.374. The van der Waals surface area contributed by atoms with E-state index >= 15 is 0 Å². The second-order valence-corrected chi connectivity index (χ2v) is 4.01. The summed E-state index contributed by atoms with van der Waals surface area (Å²) in [7, 11) is 0. The zero-order valence-electron chi connectivity index (χ0n) is 8.79. The Hall–Kier alpha value is -0.610. The van der Waals surface area contributed by atoms with Crippen molar-refractivity contribution in [3.05, 3.63) is 0 Å². The minimum Gasteiger partial charge on any atom is -0.368 e. The van der Waals surface area contributed by atoms with Crippen molar-refractivity contribution in [3.8, 4) is 0 Å². The topological polar surface area (TPSA) is 64.3 Å². The Morgan fingerprint density at radius 2 is 2.36 bits per heavy atom. The number of rotatable bonds is 5. The highest BCUT2D eigenvalue weighted by atomic mass is 16.6. The van der Waals surface area contributed by atoms with Crippen LogP contribution in [0.1, 0.15) is 39.0 Å². The van der Waals surface area contributed by atoms with Crippen LogP contribution in [-0.4, -0.2) is 18.6 Å². The zero-order valence-corrected chi connectivity index (χ0v) is 8.79. The van der Waals surface area contributed by atoms with Crippen LogP contribution in [0.25, 0.3) is 0 Å². The van der Waals surface area contributed by atoms with Crippen molar-refractivity contribution < 1.29 is 9.63 Å². The number of nitrogens with one attached hydrogen (secondary N) is 1. The van der Waals surface area contributed by atoms with Gasteiger partial charge in [-0.25, -0.2) is 0 Å². The molecule has 0 spiro atoms. The molecule has 0 bridgehead atoms. The van der Waals surface area contributed by atoms with Gasteiger partial charge in [-0.1, -0.05) is 26.2 Å². The second-order valence-electron chi connectivity index (χ2n) is 4.01. The maximum atomic E-state index is 10.4. The first-order valence-electron chi connectivity index (χ1n) is 5.38. The molecule has 0 heterocycles. The molecule has 0 aromatic heterocycles. The lowest BCUT2D eigenvalue weighted by Gasteiger charge is -2.28. The van der Waals surface area contributed by atoms with Crippen molar-refractivity contribution in [2.75, 3.05) is 6.61 Å². The van der Waals surface area contributed by atoms with E-state index in [9.17, 15) is 4.79 Å². The Bertz CT molecular complexity index is 185. The van der Waals surface area contributed by atoms with Crippen LogP contribution in [0.2, 0.25) is 0 Å². The van der Waals surface area contributed by atoms with Crippen LogP contribution in [0, 0.1) is 5.92 Å². The largest absolute Gasteiger partial charge is 0.368 e. The standard InChI is InChI=1S/C10H20N2O2/c1-2-8-4-3-5-9(6-8)12-14-7-10(11)13/h8-9,12H,2-7H2,1H3,(H2,11,13). The van der Waals surface area contributed by atoms with E-state index in [1.165, 1.54) is 19.3 Å². The molecule has 0 radical (unpaired) electrons. The average Bonchev–Trinajstić information content (AvgIpc) is 2.18. The van der Waals surface area contributed by atoms with Gasteiger partial charge < -0.3 is 5.73 Å². The van der Waals surface area contributed by atoms with Gasteiger partial charge in [0, 0.05) is 6.04 Å². The van der Waals surface area contributed by atoms with E-state index in [0.29, 0.717) is 6.04 Å². The molecule has 2 unspecified atom stereocenters. The lowest BCUT2D eigenvalue weighted by atomic mass is 9.85. The monoisotopic (exact) mass is 200 g/mol. The fraction of sp³-hybridized carbons (Fsp3) is 0.900. The molecular formula is C10H20N2O2. The fourth-order valence-corrected chi connectivity index (χ4v) is 2.00. The normalized spacial score (nSPS) is 27.5. The molecule has 4 heteroatoms. The van der Waals surface area contributed by atoms with Crippen molar-refractivity contribution in [3.63, 3.8) is 0 Å². The molecule has 82 valence electrons. The van der Waals surface area contributed by atoms with E-state index in [0.717, 1.165) is 18.8 Å². The van der Waals surface area contributed by atoms with E-state index in [1.54, 1.807) is 0 Å². The fourth-order valence-electron chi connectivity index (χ4n) is 2.00. The van der Waals surface area contributed by atoms with E-state index in [1.807, 2.05) is 0 Å². The molecule has 2 atom stereocenters. The van der Waals surface area contributed by atoms with Crippen LogP contribution in [-0.2, 0) is 9.63 Å². The molecule has 0 aromatic carbocycles. The van der Waals surface area contributed by atoms with Crippen molar-refractivity contribution in [2.45, 2.75) is 45.1 Å². The van der Waals surface area contributed by atoms with Crippen LogP contribution >= 0.6 is 0 Å². The number of hydrogen-bond acceptors (Lipinski definition) is 3. The number of hydroxylamine groups is 1. The van der Waals surface area contributed by atoms with E-state index in [2.05, 4.69) is 12.4 Å². The maximum Gasteiger partial charge on any atom is 0.245 e. The maximum absolute atomic E-state index is 10.4. The predicted octanol–water partition coefficient (Wildman–Crippen LogP) is 0.962. The van der Waals surface area contributed by atoms with Gasteiger partial charge in [0.1, 0.15) is 6.61 Å². The highest BCUT2D eigenvalue weighted by Crippen LogP contribution is 2.26. The molecule has 1 rings (SSSR count). The molecule has 1 amide bonds. The molecule has 0 aromatic rings. The van der Waals surface area contributed by atoms with E-state index in [4.69, 9.17) is 10.6 Å². The van der Waals surface area contributed by atoms with Crippen LogP contribution in [0.3, 0.4) is 0 Å². The highest BCUT2D eigenvalue weighted by Gasteiger charge is 2.20. The van der Waals surface area contributed by atoms with Crippen molar-refractivity contribution >= 4 is 5.91 Å². The first-order valence-corrected chi connectivity index (χ1v) is 5.38. The number of nitrogens with two attached hydrogens (primary N) is 1. The number of carbonyl (C=O) groups excluding carboxylic acids is 1. The van der Waals surface area contributed by atoms with Gasteiger partial charge in [0.15, 0.2) is 0 Å². The summed E-state index contributed by atoms with van der Waals surface area (Å²) >= 11 is 0. The van der Waals surface area contributed by atoms with Gasteiger partial charge in [-0.15, -0.1) is 0 Å². The predicted molar refractivity (Wildman–Crippen MR) is 54.3 cm³/mol. The third kappa shape index (κ3) is 4.07. The molecule has 1 aliphatic rings. The summed E-state index contributed by atoms with van der Waals surface area (Å²) in [6.07, 6.45) is 6.08. The number of hydrogen-bond donors (Lipinski definition) is 2. The lowest BCUT2D eigenvalue weighted by Crippen LogP contribution is -2.36. The van der Waals surface area contributed by atoms with Crippen molar-refractivity contribution in [1.29, 1.82) is 0 Å². The summed E-state index contributed by atoms with van der Waals surface area (Å²) < 4.78 is 0. The summed E-state index contributed by atoms with van der Waals surface area (Å²) in [6.45, 7) is 2.19. The van der Waals surface area contributed by atoms with Gasteiger partial charge in [0.05, 0.1) is 0 Å². The SMILES string of the molecule is CCC1CCCC(NOCC(N)=O)C1. The Balaban J connectivity index is 2.14. The summed E-state index contributed by atoms with van der Waals surface area (Å²) in [4.78, 5) is 15.4. The highest BCUT2D eigenvalue weighted by molar-refractivity contribution is 5.74. The van der Waals surface area contributed by atoms with Crippen LogP contribution in [0.5, 0.6) is 0 Å². The number of carbonyl (C=O) groups is 1. The Labute approximate surface area is 85.1 Å². The van der Waals surface area contributed by atoms with Gasteiger partial charge >= 0.3 is 0 Å². The lowest BCUT2D eigenvalue weighted by molar-refractivity contribution is -0.126. The van der Waals surface area contributed by atoms with Gasteiger partial charge in [-0.2, -0.15) is 5.48 Å². The second kappa shape index (κ2) is 5.98. The summed E-state index contributed by atoms with van der Waals surface area (Å²) in [5, 5.41) is 0. The van der Waals surface area contributed by atoms with Crippen molar-refractivity contribution in [1.82, 2.24) is 5.48 Å². The van der Waals surface area contributed by atoms with Crippen LogP contribution in [0.4, 0.5) is 0 Å². The van der Waals surface area contributed by atoms with Gasteiger partial charge in [0.2, 0.25) is 5.91 Å². The zero-order chi connectivity index (χ0) is 10.4. The smallest absolute Gasteiger partial charge is 0.245 e. The first-order chi connectivity index (χ1) is 6.72. The molecular weight excluding hydrogens is 180 g/mol. The minimum absolute atomic E-state index is 0.0344. The summed E-state index contributed by atoms with van der Waals surface area (Å²) in [6, 6.07) is 0.396. The minimum atomic E-state index is -0.430. The Morgan fingerprint density at radius 1 is 1.57 bits per heavy atom. The molecule has 0 saturated heterocycles. The van der Waals surface area contributed by atoms with Crippen molar-refractivity contribution in [2.24, 2.45) is 11.7 Å². The molecule has 1 saturated carbocycles. The first kappa shape index (κ1) is 11.5. The molecule has 14 heavy (non-hydrogen) atoms. The third-order valence-electron chi connectivity index (χ3n) is 2.82. The third-order valence-corrected chi connectivity index (χ3v) is 2.82. The molecule has 1 aliphatic carbocycles. The van der Waals surface area contributed by atoms with E-state index in [-0.39, 0.29) is 6.61 Å². The van der Waals surface area contributed by atoms with Gasteiger partial charge in [-0.05, 0) is 18.8 Å². The number of amides is 1. The Morgan fingerprint density at radius 3 is 3.00 bits per heavy atom. The van der Waals surface area contributed by atoms with Crippen LogP contribution < -0.4 is 11.2 Å². The number of primary amides is 1. The van der Waals surface area contributed by atoms with E-state index < -0.39 is 5.91 Å². The Kier molecular flexibility index (Phi) is 4.90. The molecule has 1 fully saturated rings. The quantitative estimate of drug-likeness (QED) is 0.650. The summed E-state index contributed by atoms with van der Waals surface area (Å²) in [5.41, 5.74) is 7.87. The molecule has 4 nitrogen and oxygen atoms in total. The average molecular weight is 200 g/mol. The molecule has 3 N–H and O–H groups in total.